The molecule has 2 aromatic carbocycles. The molecule has 0 saturated carbocycles. The number of piperidine rings is 3. The summed E-state index contributed by atoms with van der Waals surface area (Å²) in [6.07, 6.45) is -4.85. The molecule has 3 amide bonds. The van der Waals surface area contributed by atoms with Crippen LogP contribution in [-0.2, 0) is 34.9 Å². The molecular weight excluding hydrogens is 680 g/mol. The van der Waals surface area contributed by atoms with Crippen molar-refractivity contribution < 1.29 is 49.9 Å². The summed E-state index contributed by atoms with van der Waals surface area (Å²) in [6, 6.07) is 8.13. The quantitative estimate of drug-likeness (QED) is 0.183. The lowest BCUT2D eigenvalue weighted by Crippen LogP contribution is -2.80. The number of hydrogen-bond donors (Lipinski definition) is 2. The molecule has 0 bridgehead atoms. The fraction of sp³-hybridized carbons (Fsp3) is 0.583. The second-order valence-electron chi connectivity index (χ2n) is 14.2. The number of aldehydes is 1. The van der Waals surface area contributed by atoms with E-state index in [0.29, 0.717) is 49.1 Å². The number of quaternary nitrogens is 1. The third-order valence-corrected chi connectivity index (χ3v) is 11.4. The fourth-order valence-electron chi connectivity index (χ4n) is 9.10. The largest absolute Gasteiger partial charge is 0.444 e. The van der Waals surface area contributed by atoms with E-state index in [4.69, 9.17) is 4.74 Å². The first kappa shape index (κ1) is 36.9. The Morgan fingerprint density at radius 2 is 1.61 bits per heavy atom. The smallest absolute Gasteiger partial charge is 0.416 e. The Hall–Kier alpha value is -3.85. The summed E-state index contributed by atoms with van der Waals surface area (Å²) >= 11 is 0. The second kappa shape index (κ2) is 14.6. The number of alkyl halides is 6. The van der Waals surface area contributed by atoms with Gasteiger partial charge < -0.3 is 25.1 Å². The van der Waals surface area contributed by atoms with Crippen LogP contribution in [0.15, 0.2) is 42.5 Å². The van der Waals surface area contributed by atoms with E-state index in [1.807, 2.05) is 24.3 Å². The number of nitrogens with one attached hydrogen (secondary N) is 2. The molecule has 4 heterocycles. The molecule has 4 aliphatic heterocycles. The number of urea groups is 1. The number of amides is 3. The molecule has 2 atom stereocenters. The highest BCUT2D eigenvalue weighted by atomic mass is 19.4. The highest BCUT2D eigenvalue weighted by molar-refractivity contribution is 5.91. The number of hydrogen-bond acceptors (Lipinski definition) is 5. The van der Waals surface area contributed by atoms with Gasteiger partial charge in [-0.05, 0) is 67.5 Å². The van der Waals surface area contributed by atoms with Crippen LogP contribution in [0.2, 0.25) is 0 Å². The van der Waals surface area contributed by atoms with Crippen molar-refractivity contribution in [3.63, 3.8) is 0 Å². The molecule has 0 radical (unpaired) electrons. The molecule has 0 aliphatic carbocycles. The van der Waals surface area contributed by atoms with Crippen molar-refractivity contribution in [2.45, 2.75) is 94.5 Å². The van der Waals surface area contributed by atoms with Gasteiger partial charge in [-0.15, -0.1) is 0 Å². The Morgan fingerprint density at radius 3 is 2.25 bits per heavy atom. The maximum absolute atomic E-state index is 14.3. The first-order valence-corrected chi connectivity index (χ1v) is 17.7. The van der Waals surface area contributed by atoms with Gasteiger partial charge >= 0.3 is 24.5 Å². The van der Waals surface area contributed by atoms with Crippen LogP contribution in [0.25, 0.3) is 0 Å². The lowest BCUT2D eigenvalue weighted by Gasteiger charge is -2.64. The van der Waals surface area contributed by atoms with Crippen molar-refractivity contribution in [1.82, 2.24) is 15.1 Å². The zero-order valence-corrected chi connectivity index (χ0v) is 28.3. The van der Waals surface area contributed by atoms with Crippen molar-refractivity contribution in [2.75, 3.05) is 44.6 Å². The minimum atomic E-state index is -5.05. The Balaban J connectivity index is 1.36. The number of benzene rings is 2. The number of rotatable bonds is 7. The predicted octanol–water partition coefficient (Wildman–Crippen LogP) is 6.95. The summed E-state index contributed by atoms with van der Waals surface area (Å²) in [5.74, 6) is 0. The molecule has 278 valence electrons. The molecule has 0 spiro atoms. The number of nitrogens with zero attached hydrogens (tertiary/aromatic N) is 3. The minimum Gasteiger partial charge on any atom is -0.444 e. The normalized spacial score (nSPS) is 24.7. The van der Waals surface area contributed by atoms with Crippen LogP contribution in [0.3, 0.4) is 0 Å². The maximum Gasteiger partial charge on any atom is 0.416 e. The zero-order valence-electron chi connectivity index (χ0n) is 28.3. The second-order valence-corrected chi connectivity index (χ2v) is 14.2. The van der Waals surface area contributed by atoms with Gasteiger partial charge in [0.05, 0.1) is 36.7 Å². The Bertz CT molecular complexity index is 1560. The Morgan fingerprint density at radius 1 is 0.941 bits per heavy atom. The van der Waals surface area contributed by atoms with E-state index in [2.05, 4.69) is 10.6 Å². The lowest BCUT2D eigenvalue weighted by atomic mass is 9.80. The van der Waals surface area contributed by atoms with Crippen LogP contribution in [0.4, 0.5) is 41.6 Å². The molecule has 6 rings (SSSR count). The lowest BCUT2D eigenvalue weighted by molar-refractivity contribution is -1.01. The first-order valence-electron chi connectivity index (χ1n) is 17.7. The summed E-state index contributed by atoms with van der Waals surface area (Å²) in [4.78, 5) is 44.1. The van der Waals surface area contributed by atoms with Gasteiger partial charge in [0.15, 0.2) is 5.66 Å². The summed E-state index contributed by atoms with van der Waals surface area (Å²) in [6.45, 7) is 2.52. The van der Waals surface area contributed by atoms with Crippen molar-refractivity contribution >= 4 is 24.1 Å². The average Bonchev–Trinajstić information content (AvgIpc) is 3.28. The number of fused-ring (bicyclic) bond motifs is 1. The van der Waals surface area contributed by atoms with Crippen LogP contribution < -0.4 is 10.6 Å². The third kappa shape index (κ3) is 7.41. The number of para-hydroxylation sites is 1. The van der Waals surface area contributed by atoms with Gasteiger partial charge in [-0.3, -0.25) is 9.38 Å². The van der Waals surface area contributed by atoms with E-state index >= 15 is 0 Å². The SMILES string of the molecule is O=CC[C@]1([N+]2(C3CCNCC3)CCCCC2)C[C@H](N2CCc3ccccc3NC2=O)CCN1C(=O)OCc1cc(C(F)(F)F)cc(C(F)(F)F)c1. The van der Waals surface area contributed by atoms with Crippen molar-refractivity contribution in [3.05, 3.63) is 64.7 Å². The van der Waals surface area contributed by atoms with Crippen LogP contribution in [0, 0.1) is 0 Å². The third-order valence-electron chi connectivity index (χ3n) is 11.4. The minimum absolute atomic E-state index is 0.0338. The fourth-order valence-corrected chi connectivity index (χ4v) is 9.10. The number of anilines is 1. The van der Waals surface area contributed by atoms with E-state index in [0.717, 1.165) is 62.7 Å². The Labute approximate surface area is 292 Å². The van der Waals surface area contributed by atoms with Crippen molar-refractivity contribution in [3.8, 4) is 0 Å². The summed E-state index contributed by atoms with van der Waals surface area (Å²) in [7, 11) is 0. The summed E-state index contributed by atoms with van der Waals surface area (Å²) in [5.41, 5.74) is -2.91. The first-order chi connectivity index (χ1) is 24.3. The number of carbonyl (C=O) groups is 3. The topological polar surface area (TPSA) is 91.0 Å². The van der Waals surface area contributed by atoms with E-state index in [1.165, 1.54) is 4.90 Å². The molecule has 2 aromatic rings. The monoisotopic (exact) mass is 724 g/mol. The predicted molar refractivity (Wildman–Crippen MR) is 175 cm³/mol. The number of halogens is 6. The molecule has 3 fully saturated rings. The molecule has 0 unspecified atom stereocenters. The molecular formula is C36H44F6N5O4+. The molecule has 9 nitrogen and oxygen atoms in total. The Kier molecular flexibility index (Phi) is 10.6. The van der Waals surface area contributed by atoms with Crippen LogP contribution in [0.5, 0.6) is 0 Å². The maximum atomic E-state index is 14.3. The van der Waals surface area contributed by atoms with Gasteiger partial charge in [0.1, 0.15) is 12.9 Å². The van der Waals surface area contributed by atoms with Gasteiger partial charge in [0.25, 0.3) is 0 Å². The van der Waals surface area contributed by atoms with Crippen LogP contribution in [-0.4, -0.2) is 89.7 Å². The highest BCUT2D eigenvalue weighted by Crippen LogP contribution is 2.47. The van der Waals surface area contributed by atoms with Crippen LogP contribution >= 0.6 is 0 Å². The van der Waals surface area contributed by atoms with Crippen LogP contribution in [0.1, 0.15) is 73.6 Å². The zero-order chi connectivity index (χ0) is 36.4. The van der Waals surface area contributed by atoms with Gasteiger partial charge in [-0.1, -0.05) is 18.2 Å². The van der Waals surface area contributed by atoms with Crippen molar-refractivity contribution in [1.29, 1.82) is 0 Å². The van der Waals surface area contributed by atoms with Gasteiger partial charge in [0.2, 0.25) is 0 Å². The van der Waals surface area contributed by atoms with E-state index in [9.17, 15) is 40.7 Å². The van der Waals surface area contributed by atoms with Gasteiger partial charge in [0, 0.05) is 57.2 Å². The van der Waals surface area contributed by atoms with E-state index in [-0.39, 0.29) is 43.6 Å². The van der Waals surface area contributed by atoms with E-state index < -0.39 is 47.4 Å². The summed E-state index contributed by atoms with van der Waals surface area (Å²) in [5, 5.41) is 6.42. The summed E-state index contributed by atoms with van der Waals surface area (Å²) < 4.78 is 87.7. The average molecular weight is 725 g/mol. The molecule has 4 aliphatic rings. The number of likely N-dealkylation sites (tertiary alicyclic amines) is 2. The molecule has 2 N–H and O–H groups in total. The standard InChI is InChI=1S/C36H43F6N5O4/c37-35(38,39)27-20-25(21-28(22-27)36(40,41)42)24-51-33(50)46-16-11-29(45-15-10-26-6-2-3-7-31(26)44-32(45)49)23-34(46,12-19-48)47(17-4-1-5-18-47)30-8-13-43-14-9-30/h2-3,6-7,19-22,29-30,43H,1,4-5,8-18,23-24H2/p+1/t29-,34+/m1/s1. The number of carbonyl (C=O) groups excluding carboxylic acids is 3. The molecule has 51 heavy (non-hydrogen) atoms. The van der Waals surface area contributed by atoms with Gasteiger partial charge in [-0.25, -0.2) is 9.59 Å². The molecule has 0 aromatic heterocycles. The van der Waals surface area contributed by atoms with E-state index in [1.54, 1.807) is 4.90 Å². The number of ether oxygens (including phenoxy) is 1. The highest BCUT2D eigenvalue weighted by Gasteiger charge is 2.63. The molecule has 3 saturated heterocycles. The van der Waals surface area contributed by atoms with Gasteiger partial charge in [-0.2, -0.15) is 26.3 Å². The van der Waals surface area contributed by atoms with Crippen molar-refractivity contribution in [2.24, 2.45) is 0 Å². The molecule has 15 heteroatoms.